The average Bonchev–Trinajstić information content (AvgIpc) is 1.81. The highest BCUT2D eigenvalue weighted by Crippen LogP contribution is 1.97. The van der Waals surface area contributed by atoms with Gasteiger partial charge in [0.05, 0.1) is 5.75 Å². The van der Waals surface area contributed by atoms with Crippen LogP contribution in [0.15, 0.2) is 0 Å². The topological polar surface area (TPSA) is 43.4 Å². The van der Waals surface area contributed by atoms with E-state index >= 15 is 0 Å². The maximum absolute atomic E-state index is 10.6. The molecule has 0 aromatic heterocycles. The molecule has 0 fully saturated rings. The molecule has 0 spiro atoms. The third kappa shape index (κ3) is 6.25. The summed E-state index contributed by atoms with van der Waals surface area (Å²) in [6.45, 7) is 1.89. The molecular weight excluding hydrogens is 168 g/mol. The normalized spacial score (nSPS) is 15.4. The summed E-state index contributed by atoms with van der Waals surface area (Å²) in [6, 6.07) is 0. The zero-order valence-corrected chi connectivity index (χ0v) is 9.44. The first-order chi connectivity index (χ1) is 4.45. The van der Waals surface area contributed by atoms with Gasteiger partial charge in [0.1, 0.15) is 20.3 Å². The van der Waals surface area contributed by atoms with Gasteiger partial charge in [0.25, 0.3) is 0 Å². The van der Waals surface area contributed by atoms with Crippen LogP contribution in [-0.2, 0) is 14.3 Å². The lowest BCUT2D eigenvalue weighted by atomic mass is 10.3. The van der Waals surface area contributed by atoms with Crippen LogP contribution >= 0.6 is 0 Å². The summed E-state index contributed by atoms with van der Waals surface area (Å²) in [5.74, 6) is 0.233. The Hall–Kier alpha value is 0.127. The third-order valence-electron chi connectivity index (χ3n) is 1.30. The van der Waals surface area contributed by atoms with Crippen molar-refractivity contribution in [2.75, 3.05) is 12.0 Å². The van der Waals surface area contributed by atoms with Crippen molar-refractivity contribution in [1.82, 2.24) is 0 Å². The second-order valence-corrected chi connectivity index (χ2v) is 5.20. The molecule has 0 aromatic rings. The molecule has 0 amide bonds. The molecule has 0 bridgehead atoms. The summed E-state index contributed by atoms with van der Waals surface area (Å²) < 4.78 is 26.2. The van der Waals surface area contributed by atoms with Crippen molar-refractivity contribution < 1.29 is 12.8 Å². The van der Waals surface area contributed by atoms with Crippen LogP contribution in [0.3, 0.4) is 0 Å². The summed E-state index contributed by atoms with van der Waals surface area (Å²) in [7, 11) is -2.11. The molecule has 10 heavy (non-hydrogen) atoms. The van der Waals surface area contributed by atoms with E-state index in [-0.39, 0.29) is 11.9 Å². The molecule has 0 saturated carbocycles. The molecule has 0 radical (unpaired) electrons. The lowest BCUT2D eigenvalue weighted by molar-refractivity contribution is 0.240. The van der Waals surface area contributed by atoms with Crippen LogP contribution in [0.1, 0.15) is 13.3 Å². The molecule has 1 unspecified atom stereocenters. The van der Waals surface area contributed by atoms with Gasteiger partial charge in [0.15, 0.2) is 0 Å². The number of rotatable bonds is 4. The predicted octanol–water partition coefficient (Wildman–Crippen LogP) is -0.893. The smallest absolute Gasteiger partial charge is 0.147 e. The Bertz CT molecular complexity index is 175. The van der Waals surface area contributed by atoms with Crippen LogP contribution in [0.2, 0.25) is 0 Å². The van der Waals surface area contributed by atoms with Crippen LogP contribution < -0.4 is 0 Å². The molecule has 1 atom stereocenters. The Balaban J connectivity index is 3.56. The van der Waals surface area contributed by atoms with Crippen LogP contribution in [0, 0.1) is 0 Å². The van der Waals surface area contributed by atoms with Crippen molar-refractivity contribution in [3.8, 4) is 0 Å². The van der Waals surface area contributed by atoms with Crippen molar-refractivity contribution in [3.05, 3.63) is 0 Å². The van der Waals surface area contributed by atoms with Crippen molar-refractivity contribution in [3.63, 3.8) is 0 Å². The molecule has 0 heterocycles. The lowest BCUT2D eigenvalue weighted by Crippen LogP contribution is -2.13. The second-order valence-electron chi connectivity index (χ2n) is 2.46. The Labute approximate surface area is 65.2 Å². The maximum atomic E-state index is 10.6. The summed E-state index contributed by atoms with van der Waals surface area (Å²) in [5.41, 5.74) is 0. The zero-order valence-electron chi connectivity index (χ0n) is 6.62. The number of hydrogen-bond acceptors (Lipinski definition) is 3. The molecule has 5 heteroatoms. The van der Waals surface area contributed by atoms with Gasteiger partial charge < -0.3 is 4.43 Å². The summed E-state index contributed by atoms with van der Waals surface area (Å²) in [5, 5.41) is 0. The summed E-state index contributed by atoms with van der Waals surface area (Å²) >= 11 is 0. The Kier molecular flexibility index (Phi) is 4.15. The van der Waals surface area contributed by atoms with Crippen LogP contribution in [-0.4, -0.2) is 37.0 Å². The Morgan fingerprint density at radius 1 is 1.60 bits per heavy atom. The highest BCUT2D eigenvalue weighted by Gasteiger charge is 2.05. The molecule has 0 aliphatic carbocycles. The predicted molar refractivity (Wildman–Crippen MR) is 44.8 cm³/mol. The second kappa shape index (κ2) is 4.10. The van der Waals surface area contributed by atoms with E-state index in [1.165, 1.54) is 6.26 Å². The van der Waals surface area contributed by atoms with Gasteiger partial charge in [-0.15, -0.1) is 0 Å². The van der Waals surface area contributed by atoms with Crippen molar-refractivity contribution >= 4 is 20.3 Å². The summed E-state index contributed by atoms with van der Waals surface area (Å²) in [6.07, 6.45) is 1.95. The zero-order chi connectivity index (χ0) is 8.20. The molecule has 0 aromatic carbocycles. The molecule has 0 N–H and O–H groups in total. The Morgan fingerprint density at radius 2 is 2.10 bits per heavy atom. The van der Waals surface area contributed by atoms with Gasteiger partial charge in [0.2, 0.25) is 0 Å². The van der Waals surface area contributed by atoms with Crippen molar-refractivity contribution in [2.45, 2.75) is 19.4 Å². The molecule has 0 saturated heterocycles. The van der Waals surface area contributed by atoms with E-state index in [0.29, 0.717) is 16.9 Å². The lowest BCUT2D eigenvalue weighted by Gasteiger charge is -2.07. The average molecular weight is 182 g/mol. The van der Waals surface area contributed by atoms with Crippen molar-refractivity contribution in [1.29, 1.82) is 0 Å². The number of sulfone groups is 1. The van der Waals surface area contributed by atoms with Crippen LogP contribution in [0.5, 0.6) is 0 Å². The minimum atomic E-state index is -2.79. The highest BCUT2D eigenvalue weighted by molar-refractivity contribution is 7.90. The monoisotopic (exact) mass is 182 g/mol. The third-order valence-corrected chi connectivity index (χ3v) is 3.08. The van der Waals surface area contributed by atoms with E-state index in [0.717, 1.165) is 0 Å². The van der Waals surface area contributed by atoms with E-state index in [2.05, 4.69) is 0 Å². The first-order valence-corrected chi connectivity index (χ1v) is 6.04. The van der Waals surface area contributed by atoms with Gasteiger partial charge in [-0.05, 0) is 13.3 Å². The van der Waals surface area contributed by atoms with Gasteiger partial charge in [0, 0.05) is 12.4 Å². The molecular formula is C5H14O3SSi. The Morgan fingerprint density at radius 3 is 2.40 bits per heavy atom. The fourth-order valence-corrected chi connectivity index (χ4v) is 1.49. The minimum Gasteiger partial charge on any atom is -0.425 e. The highest BCUT2D eigenvalue weighted by atomic mass is 32.2. The molecule has 0 aliphatic heterocycles. The largest absolute Gasteiger partial charge is 0.425 e. The van der Waals surface area contributed by atoms with Gasteiger partial charge in [-0.2, -0.15) is 0 Å². The maximum Gasteiger partial charge on any atom is 0.147 e. The fourth-order valence-electron chi connectivity index (χ4n) is 0.498. The molecule has 3 nitrogen and oxygen atoms in total. The first-order valence-electron chi connectivity index (χ1n) is 3.16. The molecule has 62 valence electrons. The van der Waals surface area contributed by atoms with Gasteiger partial charge in [-0.3, -0.25) is 0 Å². The van der Waals surface area contributed by atoms with E-state index in [1.54, 1.807) is 0 Å². The number of hydrogen-bond donors (Lipinski definition) is 0. The van der Waals surface area contributed by atoms with E-state index in [1.807, 2.05) is 6.92 Å². The minimum absolute atomic E-state index is 0.0985. The first kappa shape index (κ1) is 10.1. The quantitative estimate of drug-likeness (QED) is 0.530. The van der Waals surface area contributed by atoms with E-state index in [4.69, 9.17) is 4.43 Å². The molecule has 0 rings (SSSR count). The van der Waals surface area contributed by atoms with Gasteiger partial charge >= 0.3 is 0 Å². The van der Waals surface area contributed by atoms with Crippen molar-refractivity contribution in [2.24, 2.45) is 0 Å². The van der Waals surface area contributed by atoms with Gasteiger partial charge in [-0.25, -0.2) is 8.42 Å². The van der Waals surface area contributed by atoms with Crippen LogP contribution in [0.4, 0.5) is 0 Å². The standard InChI is InChI=1S/C5H14O3SSi/c1-5(8-10)3-4-9(2,6)7/h5H,3-4H2,1-2,10H3. The summed E-state index contributed by atoms with van der Waals surface area (Å²) in [4.78, 5) is 0. The van der Waals surface area contributed by atoms with E-state index in [9.17, 15) is 8.42 Å². The van der Waals surface area contributed by atoms with Gasteiger partial charge in [-0.1, -0.05) is 0 Å². The van der Waals surface area contributed by atoms with E-state index < -0.39 is 9.84 Å². The SMILES string of the molecule is CC(CCS(C)(=O)=O)O[SiH3]. The fraction of sp³-hybridized carbons (Fsp3) is 1.00. The molecule has 0 aliphatic rings. The van der Waals surface area contributed by atoms with Crippen LogP contribution in [0.25, 0.3) is 0 Å².